The topological polar surface area (TPSA) is 117 Å². The molecule has 2 heterocycles. The molecule has 3 aromatic rings. The summed E-state index contributed by atoms with van der Waals surface area (Å²) in [4.78, 5) is 21.0. The predicted octanol–water partition coefficient (Wildman–Crippen LogP) is 3.59. The van der Waals surface area contributed by atoms with Crippen LogP contribution in [0.4, 0.5) is 18.9 Å². The van der Waals surface area contributed by atoms with E-state index in [1.54, 1.807) is 21.0 Å². The minimum Gasteiger partial charge on any atom is -0.486 e. The van der Waals surface area contributed by atoms with Crippen LogP contribution in [0, 0.1) is 5.92 Å². The van der Waals surface area contributed by atoms with Crippen molar-refractivity contribution in [1.82, 2.24) is 19.4 Å². The number of amides is 1. The van der Waals surface area contributed by atoms with E-state index in [1.807, 2.05) is 11.8 Å². The number of sulfonamides is 1. The Balaban J connectivity index is 1.66. The van der Waals surface area contributed by atoms with Crippen molar-refractivity contribution in [1.29, 1.82) is 0 Å². The lowest BCUT2D eigenvalue weighted by molar-refractivity contribution is -0.137. The van der Waals surface area contributed by atoms with Crippen LogP contribution in [0.2, 0.25) is 0 Å². The molecule has 228 valence electrons. The maximum absolute atomic E-state index is 13.6. The maximum atomic E-state index is 13.6. The van der Waals surface area contributed by atoms with Crippen molar-refractivity contribution in [3.05, 3.63) is 71.7 Å². The molecule has 1 aliphatic heterocycles. The second-order valence-corrected chi connectivity index (χ2v) is 12.3. The average molecular weight is 610 g/mol. The smallest absolute Gasteiger partial charge is 0.416 e. The number of hydrogen-bond donors (Lipinski definition) is 2. The van der Waals surface area contributed by atoms with Gasteiger partial charge in [-0.25, -0.2) is 4.98 Å². The summed E-state index contributed by atoms with van der Waals surface area (Å²) in [6.45, 7) is 4.19. The molecule has 2 aromatic carbocycles. The van der Waals surface area contributed by atoms with Crippen molar-refractivity contribution in [2.24, 2.45) is 13.0 Å². The van der Waals surface area contributed by atoms with Crippen LogP contribution in [0.15, 0.2) is 60.0 Å². The molecular formula is C28H34F3N5O5S. The van der Waals surface area contributed by atoms with Gasteiger partial charge in [-0.1, -0.05) is 25.1 Å². The molecule has 0 radical (unpaired) electrons. The van der Waals surface area contributed by atoms with E-state index in [0.29, 0.717) is 18.7 Å². The number of aliphatic hydroxyl groups excluding tert-OH is 1. The lowest BCUT2D eigenvalue weighted by Crippen LogP contribution is -2.49. The fourth-order valence-corrected chi connectivity index (χ4v) is 5.79. The highest BCUT2D eigenvalue weighted by Crippen LogP contribution is 2.36. The average Bonchev–Trinajstić information content (AvgIpc) is 3.37. The predicted molar refractivity (Wildman–Crippen MR) is 149 cm³/mol. The standard InChI is InChI=1S/C28H34F3N5O5S/c1-18-12-36(19(2)16-37)27(38)22-6-5-7-23(33-42(39,40)25-15-35(4)17-32-25)26(22)41-24(18)14-34(3)13-20-8-10-21(11-9-20)28(29,30)31/h5-11,15,17-19,24,33,37H,12-14,16H2,1-4H3/t18-,19+,24+/m0/s1. The Bertz CT molecular complexity index is 1510. The first-order valence-corrected chi connectivity index (χ1v) is 14.7. The number of nitrogens with zero attached hydrogens (tertiary/aromatic N) is 4. The van der Waals surface area contributed by atoms with Crippen molar-refractivity contribution < 1.29 is 36.2 Å². The number of aliphatic hydroxyl groups is 1. The van der Waals surface area contributed by atoms with Gasteiger partial charge in [-0.15, -0.1) is 0 Å². The largest absolute Gasteiger partial charge is 0.486 e. The Morgan fingerprint density at radius 3 is 2.50 bits per heavy atom. The second-order valence-electron chi connectivity index (χ2n) is 10.7. The molecule has 0 saturated heterocycles. The number of imidazole rings is 1. The number of alkyl halides is 3. The highest BCUT2D eigenvalue weighted by atomic mass is 32.2. The maximum Gasteiger partial charge on any atom is 0.416 e. The monoisotopic (exact) mass is 609 g/mol. The molecule has 0 fully saturated rings. The van der Waals surface area contributed by atoms with Gasteiger partial charge < -0.3 is 19.3 Å². The molecule has 1 aromatic heterocycles. The third-order valence-electron chi connectivity index (χ3n) is 7.12. The molecule has 2 N–H and O–H groups in total. The fraction of sp³-hybridized carbons (Fsp3) is 0.429. The minimum absolute atomic E-state index is 0.0385. The Morgan fingerprint density at radius 2 is 1.90 bits per heavy atom. The van der Waals surface area contributed by atoms with Crippen LogP contribution in [0.3, 0.4) is 0 Å². The Kier molecular flexibility index (Phi) is 9.18. The fourth-order valence-electron chi connectivity index (χ4n) is 4.75. The van der Waals surface area contributed by atoms with Crippen molar-refractivity contribution in [3.8, 4) is 5.75 Å². The first kappa shape index (κ1) is 31.3. The van der Waals surface area contributed by atoms with Crippen molar-refractivity contribution in [2.45, 2.75) is 43.7 Å². The summed E-state index contributed by atoms with van der Waals surface area (Å²) < 4.78 is 75.6. The van der Waals surface area contributed by atoms with E-state index in [-0.39, 0.29) is 41.1 Å². The van der Waals surface area contributed by atoms with E-state index in [2.05, 4.69) is 9.71 Å². The number of carbonyl (C=O) groups is 1. The van der Waals surface area contributed by atoms with Gasteiger partial charge in [0.2, 0.25) is 0 Å². The highest BCUT2D eigenvalue weighted by molar-refractivity contribution is 7.92. The highest BCUT2D eigenvalue weighted by Gasteiger charge is 2.35. The van der Waals surface area contributed by atoms with E-state index >= 15 is 0 Å². The van der Waals surface area contributed by atoms with Crippen LogP contribution in [0.25, 0.3) is 0 Å². The number of nitrogens with one attached hydrogen (secondary N) is 1. The van der Waals surface area contributed by atoms with E-state index in [4.69, 9.17) is 4.74 Å². The Morgan fingerprint density at radius 1 is 1.21 bits per heavy atom. The summed E-state index contributed by atoms with van der Waals surface area (Å²) in [5, 5.41) is 9.67. The summed E-state index contributed by atoms with van der Waals surface area (Å²) in [7, 11) is -0.696. The zero-order valence-electron chi connectivity index (χ0n) is 23.7. The van der Waals surface area contributed by atoms with Gasteiger partial charge in [0.05, 0.1) is 35.8 Å². The number of rotatable bonds is 9. The van der Waals surface area contributed by atoms with E-state index < -0.39 is 39.8 Å². The van der Waals surface area contributed by atoms with Gasteiger partial charge in [-0.2, -0.15) is 21.6 Å². The number of carbonyl (C=O) groups excluding carboxylic acids is 1. The number of likely N-dealkylation sites (N-methyl/N-ethyl adjacent to an activating group) is 1. The number of aromatic nitrogens is 2. The molecule has 0 bridgehead atoms. The molecule has 0 aliphatic carbocycles. The molecule has 1 aliphatic rings. The van der Waals surface area contributed by atoms with Gasteiger partial charge in [-0.05, 0) is 43.8 Å². The summed E-state index contributed by atoms with van der Waals surface area (Å²) >= 11 is 0. The zero-order valence-corrected chi connectivity index (χ0v) is 24.5. The van der Waals surface area contributed by atoms with Crippen LogP contribution >= 0.6 is 0 Å². The van der Waals surface area contributed by atoms with Crippen LogP contribution in [-0.2, 0) is 29.8 Å². The molecule has 0 unspecified atom stereocenters. The molecule has 0 spiro atoms. The Hall–Kier alpha value is -3.62. The van der Waals surface area contributed by atoms with Crippen LogP contribution in [0.1, 0.15) is 35.3 Å². The number of aryl methyl sites for hydroxylation is 1. The van der Waals surface area contributed by atoms with E-state index in [0.717, 1.165) is 12.1 Å². The van der Waals surface area contributed by atoms with Gasteiger partial charge in [0, 0.05) is 38.8 Å². The third-order valence-corrected chi connectivity index (χ3v) is 8.37. The number of benzene rings is 2. The third kappa shape index (κ3) is 7.05. The lowest BCUT2D eigenvalue weighted by atomic mass is 9.99. The molecule has 0 saturated carbocycles. The molecule has 10 nitrogen and oxygen atoms in total. The second kappa shape index (κ2) is 12.3. The number of fused-ring (bicyclic) bond motifs is 1. The quantitative estimate of drug-likeness (QED) is 0.381. The molecular weight excluding hydrogens is 575 g/mol. The molecule has 4 rings (SSSR count). The molecule has 14 heteroatoms. The number of hydrogen-bond acceptors (Lipinski definition) is 7. The SMILES string of the molecule is C[C@H](CO)N1C[C@H](C)[C@@H](CN(C)Cc2ccc(C(F)(F)F)cc2)Oc2c(NS(=O)(=O)c3cn(C)cn3)cccc2C1=O. The number of ether oxygens (including phenoxy) is 1. The van der Waals surface area contributed by atoms with Gasteiger partial charge >= 0.3 is 6.18 Å². The summed E-state index contributed by atoms with van der Waals surface area (Å²) in [5.74, 6) is -0.655. The van der Waals surface area contributed by atoms with Gasteiger partial charge in [0.25, 0.3) is 15.9 Å². The number of halogens is 3. The lowest BCUT2D eigenvalue weighted by Gasteiger charge is -2.38. The number of para-hydroxylation sites is 1. The summed E-state index contributed by atoms with van der Waals surface area (Å²) in [5.41, 5.74) is 0.108. The van der Waals surface area contributed by atoms with Crippen LogP contribution in [0.5, 0.6) is 5.75 Å². The first-order chi connectivity index (χ1) is 19.7. The van der Waals surface area contributed by atoms with Crippen molar-refractivity contribution >= 4 is 21.6 Å². The van der Waals surface area contributed by atoms with Gasteiger partial charge in [0.15, 0.2) is 10.8 Å². The van der Waals surface area contributed by atoms with E-state index in [1.165, 1.54) is 52.3 Å². The van der Waals surface area contributed by atoms with Crippen LogP contribution < -0.4 is 9.46 Å². The first-order valence-electron chi connectivity index (χ1n) is 13.3. The number of anilines is 1. The molecule has 1 amide bonds. The molecule has 3 atom stereocenters. The van der Waals surface area contributed by atoms with Crippen molar-refractivity contribution in [2.75, 3.05) is 31.5 Å². The Labute approximate surface area is 242 Å². The van der Waals surface area contributed by atoms with Crippen molar-refractivity contribution in [3.63, 3.8) is 0 Å². The normalized spacial score (nSPS) is 18.7. The summed E-state index contributed by atoms with van der Waals surface area (Å²) in [6, 6.07) is 8.95. The summed E-state index contributed by atoms with van der Waals surface area (Å²) in [6.07, 6.45) is -2.30. The van der Waals surface area contributed by atoms with Gasteiger partial charge in [0.1, 0.15) is 6.10 Å². The minimum atomic E-state index is -4.43. The van der Waals surface area contributed by atoms with Crippen LogP contribution in [-0.4, -0.2) is 77.7 Å². The van der Waals surface area contributed by atoms with Gasteiger partial charge in [-0.3, -0.25) is 14.4 Å². The van der Waals surface area contributed by atoms with E-state index in [9.17, 15) is 31.5 Å². The zero-order chi connectivity index (χ0) is 30.8. The molecule has 42 heavy (non-hydrogen) atoms.